The fourth-order valence-corrected chi connectivity index (χ4v) is 3.21. The van der Waals surface area contributed by atoms with Gasteiger partial charge in [-0.2, -0.15) is 13.5 Å². The SMILES string of the molecule is CCc1cccc(NS(=O)(=O)c2n[nH]c(C)c2CN)c1. The van der Waals surface area contributed by atoms with Crippen molar-refractivity contribution in [3.8, 4) is 0 Å². The third-order valence-corrected chi connectivity index (χ3v) is 4.43. The van der Waals surface area contributed by atoms with E-state index in [-0.39, 0.29) is 11.6 Å². The van der Waals surface area contributed by atoms with E-state index in [1.54, 1.807) is 19.1 Å². The molecule has 0 aliphatic carbocycles. The lowest BCUT2D eigenvalue weighted by molar-refractivity contribution is 0.596. The summed E-state index contributed by atoms with van der Waals surface area (Å²) in [7, 11) is -3.73. The smallest absolute Gasteiger partial charge is 0.281 e. The predicted octanol–water partition coefficient (Wildman–Crippen LogP) is 1.54. The average molecular weight is 294 g/mol. The number of hydrogen-bond donors (Lipinski definition) is 3. The van der Waals surface area contributed by atoms with Crippen LogP contribution in [0.3, 0.4) is 0 Å². The molecule has 0 saturated carbocycles. The van der Waals surface area contributed by atoms with Gasteiger partial charge in [-0.15, -0.1) is 0 Å². The molecular formula is C13H18N4O2S. The predicted molar refractivity (Wildman–Crippen MR) is 77.8 cm³/mol. The van der Waals surface area contributed by atoms with Crippen molar-refractivity contribution < 1.29 is 8.42 Å². The van der Waals surface area contributed by atoms with E-state index in [4.69, 9.17) is 5.73 Å². The molecule has 1 aromatic carbocycles. The third kappa shape index (κ3) is 2.83. The Hall–Kier alpha value is -1.86. The van der Waals surface area contributed by atoms with Crippen molar-refractivity contribution in [1.29, 1.82) is 0 Å². The zero-order chi connectivity index (χ0) is 14.8. The maximum atomic E-state index is 12.3. The highest BCUT2D eigenvalue weighted by Gasteiger charge is 2.23. The molecule has 0 aliphatic rings. The number of nitrogens with one attached hydrogen (secondary N) is 2. The summed E-state index contributed by atoms with van der Waals surface area (Å²) in [6.07, 6.45) is 0.838. The van der Waals surface area contributed by atoms with Gasteiger partial charge >= 0.3 is 0 Å². The van der Waals surface area contributed by atoms with Crippen LogP contribution in [0.2, 0.25) is 0 Å². The Balaban J connectivity index is 2.35. The molecule has 0 unspecified atom stereocenters. The van der Waals surface area contributed by atoms with Crippen LogP contribution in [-0.4, -0.2) is 18.6 Å². The molecule has 1 heterocycles. The third-order valence-electron chi connectivity index (χ3n) is 3.08. The maximum absolute atomic E-state index is 12.3. The quantitative estimate of drug-likeness (QED) is 0.778. The van der Waals surface area contributed by atoms with E-state index in [0.717, 1.165) is 12.0 Å². The molecule has 6 nitrogen and oxygen atoms in total. The summed E-state index contributed by atoms with van der Waals surface area (Å²) in [5.41, 5.74) is 8.32. The van der Waals surface area contributed by atoms with Crippen LogP contribution in [0.25, 0.3) is 0 Å². The second-order valence-corrected chi connectivity index (χ2v) is 6.09. The van der Waals surface area contributed by atoms with Crippen molar-refractivity contribution in [3.05, 3.63) is 41.1 Å². The number of aromatic amines is 1. The topological polar surface area (TPSA) is 101 Å². The molecule has 108 valence electrons. The molecule has 1 aromatic heterocycles. The van der Waals surface area contributed by atoms with Crippen molar-refractivity contribution in [3.63, 3.8) is 0 Å². The molecule has 0 fully saturated rings. The van der Waals surface area contributed by atoms with Gasteiger partial charge in [0, 0.05) is 23.5 Å². The van der Waals surface area contributed by atoms with Crippen molar-refractivity contribution >= 4 is 15.7 Å². The highest BCUT2D eigenvalue weighted by Crippen LogP contribution is 2.20. The van der Waals surface area contributed by atoms with Gasteiger partial charge in [-0.1, -0.05) is 19.1 Å². The van der Waals surface area contributed by atoms with Crippen molar-refractivity contribution in [1.82, 2.24) is 10.2 Å². The first-order valence-corrected chi connectivity index (χ1v) is 7.82. The van der Waals surface area contributed by atoms with Crippen LogP contribution in [0, 0.1) is 6.92 Å². The molecule has 0 radical (unpaired) electrons. The first-order chi connectivity index (χ1) is 9.47. The number of anilines is 1. The van der Waals surface area contributed by atoms with Crippen molar-refractivity contribution in [2.24, 2.45) is 5.73 Å². The van der Waals surface area contributed by atoms with Crippen LogP contribution in [0.4, 0.5) is 5.69 Å². The van der Waals surface area contributed by atoms with Crippen LogP contribution in [0.5, 0.6) is 0 Å². The van der Waals surface area contributed by atoms with Crippen LogP contribution in [0.1, 0.15) is 23.7 Å². The minimum atomic E-state index is -3.73. The van der Waals surface area contributed by atoms with Crippen molar-refractivity contribution in [2.75, 3.05) is 4.72 Å². The molecule has 0 atom stereocenters. The van der Waals surface area contributed by atoms with E-state index in [1.807, 2.05) is 19.1 Å². The minimum Gasteiger partial charge on any atom is -0.326 e. The van der Waals surface area contributed by atoms with E-state index >= 15 is 0 Å². The highest BCUT2D eigenvalue weighted by atomic mass is 32.2. The minimum absolute atomic E-state index is 0.0422. The number of H-pyrrole nitrogens is 1. The van der Waals surface area contributed by atoms with Crippen LogP contribution in [0.15, 0.2) is 29.3 Å². The zero-order valence-electron chi connectivity index (χ0n) is 11.5. The molecule has 2 aromatic rings. The van der Waals surface area contributed by atoms with E-state index in [2.05, 4.69) is 14.9 Å². The lowest BCUT2D eigenvalue weighted by atomic mass is 10.1. The van der Waals surface area contributed by atoms with E-state index in [1.165, 1.54) is 0 Å². The molecule has 0 amide bonds. The molecule has 4 N–H and O–H groups in total. The standard InChI is InChI=1S/C13H18N4O2S/c1-3-10-5-4-6-11(7-10)17-20(18,19)13-12(8-14)9(2)15-16-13/h4-7,17H,3,8,14H2,1-2H3,(H,15,16). The van der Waals surface area contributed by atoms with Gasteiger partial charge in [0.2, 0.25) is 5.03 Å². The number of aromatic nitrogens is 2. The monoisotopic (exact) mass is 294 g/mol. The van der Waals surface area contributed by atoms with Crippen LogP contribution in [-0.2, 0) is 23.0 Å². The lowest BCUT2D eigenvalue weighted by Crippen LogP contribution is -2.16. The number of nitrogens with two attached hydrogens (primary N) is 1. The van der Waals surface area contributed by atoms with Gasteiger partial charge in [0.15, 0.2) is 0 Å². The summed E-state index contributed by atoms with van der Waals surface area (Å²) in [6.45, 7) is 3.87. The summed E-state index contributed by atoms with van der Waals surface area (Å²) >= 11 is 0. The average Bonchev–Trinajstić information content (AvgIpc) is 2.80. The van der Waals surface area contributed by atoms with Gasteiger partial charge in [0.05, 0.1) is 0 Å². The number of benzene rings is 1. The summed E-state index contributed by atoms with van der Waals surface area (Å²) in [4.78, 5) is 0. The molecule has 7 heteroatoms. The van der Waals surface area contributed by atoms with Gasteiger partial charge in [0.25, 0.3) is 10.0 Å². The largest absolute Gasteiger partial charge is 0.326 e. The molecular weight excluding hydrogens is 276 g/mol. The number of sulfonamides is 1. The molecule has 20 heavy (non-hydrogen) atoms. The Morgan fingerprint density at radius 1 is 1.40 bits per heavy atom. The molecule has 0 saturated heterocycles. The van der Waals surface area contributed by atoms with Gasteiger partial charge < -0.3 is 5.73 Å². The zero-order valence-corrected chi connectivity index (χ0v) is 12.3. The normalized spacial score (nSPS) is 11.6. The molecule has 0 bridgehead atoms. The highest BCUT2D eigenvalue weighted by molar-refractivity contribution is 7.92. The summed E-state index contributed by atoms with van der Waals surface area (Å²) < 4.78 is 27.2. The Bertz CT molecular complexity index is 707. The van der Waals surface area contributed by atoms with Crippen molar-refractivity contribution in [2.45, 2.75) is 31.8 Å². The molecule has 0 spiro atoms. The fourth-order valence-electron chi connectivity index (χ4n) is 1.95. The van der Waals surface area contributed by atoms with Gasteiger partial charge in [-0.05, 0) is 31.0 Å². The van der Waals surface area contributed by atoms with Crippen LogP contribution < -0.4 is 10.5 Å². The Morgan fingerprint density at radius 2 is 2.15 bits per heavy atom. The van der Waals surface area contributed by atoms with Gasteiger partial charge in [-0.3, -0.25) is 9.82 Å². The molecule has 0 aliphatic heterocycles. The number of hydrogen-bond acceptors (Lipinski definition) is 4. The first-order valence-electron chi connectivity index (χ1n) is 6.33. The summed E-state index contributed by atoms with van der Waals surface area (Å²) in [5, 5.41) is 6.45. The fraction of sp³-hybridized carbons (Fsp3) is 0.308. The summed E-state index contributed by atoms with van der Waals surface area (Å²) in [5.74, 6) is 0. The first kappa shape index (κ1) is 14.5. The van der Waals surface area contributed by atoms with Gasteiger partial charge in [0.1, 0.15) is 0 Å². The van der Waals surface area contributed by atoms with E-state index < -0.39 is 10.0 Å². The van der Waals surface area contributed by atoms with E-state index in [9.17, 15) is 8.42 Å². The van der Waals surface area contributed by atoms with Gasteiger partial charge in [-0.25, -0.2) is 0 Å². The Labute approximate surface area is 118 Å². The van der Waals surface area contributed by atoms with Crippen LogP contribution >= 0.6 is 0 Å². The number of nitrogens with zero attached hydrogens (tertiary/aromatic N) is 1. The Morgan fingerprint density at radius 3 is 2.80 bits per heavy atom. The summed E-state index contributed by atoms with van der Waals surface area (Å²) in [6, 6.07) is 7.27. The number of rotatable bonds is 5. The van der Waals surface area contributed by atoms with E-state index in [0.29, 0.717) is 16.9 Å². The second-order valence-electron chi connectivity index (χ2n) is 4.50. The number of aryl methyl sites for hydroxylation is 2. The Kier molecular flexibility index (Phi) is 4.10. The molecule has 2 rings (SSSR count). The second kappa shape index (κ2) is 5.64. The lowest BCUT2D eigenvalue weighted by Gasteiger charge is -2.08. The maximum Gasteiger partial charge on any atom is 0.281 e.